The number of benzene rings is 1. The van der Waals surface area contributed by atoms with Crippen LogP contribution in [0.2, 0.25) is 5.15 Å². The van der Waals surface area contributed by atoms with E-state index in [1.165, 1.54) is 12.5 Å². The second-order valence-corrected chi connectivity index (χ2v) is 5.97. The van der Waals surface area contributed by atoms with E-state index in [1.807, 2.05) is 13.8 Å². The number of fused-ring (bicyclic) bond motifs is 1. The highest BCUT2D eigenvalue weighted by Gasteiger charge is 2.24. The number of nitrogens with zero attached hydrogens (tertiary/aromatic N) is 3. The molecule has 8 heteroatoms. The summed E-state index contributed by atoms with van der Waals surface area (Å²) in [6.45, 7) is 3.86. The highest BCUT2D eigenvalue weighted by Crippen LogP contribution is 2.41. The summed E-state index contributed by atoms with van der Waals surface area (Å²) < 4.78 is 42.0. The summed E-state index contributed by atoms with van der Waals surface area (Å²) in [5.41, 5.74) is 0.210. The predicted octanol–water partition coefficient (Wildman–Crippen LogP) is 4.97. The van der Waals surface area contributed by atoms with Gasteiger partial charge in [-0.1, -0.05) is 18.5 Å². The van der Waals surface area contributed by atoms with Crippen LogP contribution in [0.4, 0.5) is 18.9 Å². The van der Waals surface area contributed by atoms with Crippen LogP contribution in [-0.2, 0) is 0 Å². The molecule has 3 rings (SSSR count). The molecule has 0 spiro atoms. The zero-order chi connectivity index (χ0) is 18.1. The largest absolute Gasteiger partial charge is 0.381 e. The topological polar surface area (TPSA) is 50.7 Å². The van der Waals surface area contributed by atoms with Crippen LogP contribution in [0.3, 0.4) is 0 Å². The molecule has 4 nitrogen and oxygen atoms in total. The fraction of sp³-hybridized carbons (Fsp3) is 0.235. The number of aromatic nitrogens is 3. The number of anilines is 1. The molecule has 0 aliphatic heterocycles. The van der Waals surface area contributed by atoms with E-state index in [0.717, 1.165) is 6.42 Å². The van der Waals surface area contributed by atoms with Crippen LogP contribution in [0.15, 0.2) is 24.7 Å². The number of pyridine rings is 1. The van der Waals surface area contributed by atoms with E-state index in [0.29, 0.717) is 23.2 Å². The summed E-state index contributed by atoms with van der Waals surface area (Å²) in [6.07, 6.45) is 3.54. The number of rotatable bonds is 4. The molecule has 0 aliphatic rings. The van der Waals surface area contributed by atoms with Crippen LogP contribution in [0.25, 0.3) is 22.2 Å². The Bertz CT molecular complexity index is 926. The normalized spacial score (nSPS) is 12.4. The zero-order valence-corrected chi connectivity index (χ0v) is 14.2. The van der Waals surface area contributed by atoms with Crippen LogP contribution < -0.4 is 5.32 Å². The lowest BCUT2D eigenvalue weighted by atomic mass is 10.0. The van der Waals surface area contributed by atoms with Crippen LogP contribution in [0.5, 0.6) is 0 Å². The summed E-state index contributed by atoms with van der Waals surface area (Å²) in [5, 5.41) is 3.51. The molecule has 1 atom stereocenters. The zero-order valence-electron chi connectivity index (χ0n) is 13.4. The molecule has 0 saturated carbocycles. The monoisotopic (exact) mass is 366 g/mol. The van der Waals surface area contributed by atoms with Crippen LogP contribution in [-0.4, -0.2) is 21.0 Å². The average molecular weight is 367 g/mol. The van der Waals surface area contributed by atoms with Gasteiger partial charge in [0.25, 0.3) is 0 Å². The molecule has 2 heterocycles. The Morgan fingerprint density at radius 2 is 1.84 bits per heavy atom. The van der Waals surface area contributed by atoms with Crippen molar-refractivity contribution in [1.29, 1.82) is 0 Å². The van der Waals surface area contributed by atoms with Gasteiger partial charge in [-0.2, -0.15) is 0 Å². The first-order valence-corrected chi connectivity index (χ1v) is 8.00. The third-order valence-corrected chi connectivity index (χ3v) is 4.15. The Morgan fingerprint density at radius 1 is 1.16 bits per heavy atom. The summed E-state index contributed by atoms with van der Waals surface area (Å²) in [4.78, 5) is 12.1. The lowest BCUT2D eigenvalue weighted by Crippen LogP contribution is -2.15. The standard InChI is InChI=1S/C17H14ClF3N4/c1-3-8(2)24-15-10-6-22-7-23-17(10)25-16(18)14(15)13-11(20)4-9(19)5-12(13)21/h4-8H,3H2,1-2H3,(H,22,23,24,25). The van der Waals surface area contributed by atoms with Crippen molar-refractivity contribution in [3.8, 4) is 11.1 Å². The Hall–Kier alpha value is -2.41. The third kappa shape index (κ3) is 3.24. The van der Waals surface area contributed by atoms with Crippen LogP contribution in [0.1, 0.15) is 20.3 Å². The minimum Gasteiger partial charge on any atom is -0.381 e. The van der Waals surface area contributed by atoms with Gasteiger partial charge < -0.3 is 5.32 Å². The van der Waals surface area contributed by atoms with Crippen molar-refractivity contribution < 1.29 is 13.2 Å². The maximum Gasteiger partial charge on any atom is 0.166 e. The van der Waals surface area contributed by atoms with Gasteiger partial charge in [0.2, 0.25) is 0 Å². The maximum atomic E-state index is 14.4. The highest BCUT2D eigenvalue weighted by molar-refractivity contribution is 6.33. The van der Waals surface area contributed by atoms with Crippen LogP contribution >= 0.6 is 11.6 Å². The minimum atomic E-state index is -1.07. The second-order valence-electron chi connectivity index (χ2n) is 5.61. The molecule has 25 heavy (non-hydrogen) atoms. The third-order valence-electron chi connectivity index (χ3n) is 3.88. The van der Waals surface area contributed by atoms with Gasteiger partial charge in [0, 0.05) is 29.9 Å². The molecule has 1 aromatic carbocycles. The van der Waals surface area contributed by atoms with E-state index < -0.39 is 23.0 Å². The molecule has 2 aromatic heterocycles. The fourth-order valence-electron chi connectivity index (χ4n) is 2.48. The van der Waals surface area contributed by atoms with Crippen molar-refractivity contribution in [2.45, 2.75) is 26.3 Å². The van der Waals surface area contributed by atoms with E-state index in [2.05, 4.69) is 20.3 Å². The maximum absolute atomic E-state index is 14.4. The van der Waals surface area contributed by atoms with Crippen molar-refractivity contribution in [2.75, 3.05) is 5.32 Å². The van der Waals surface area contributed by atoms with Gasteiger partial charge in [-0.15, -0.1) is 0 Å². The van der Waals surface area contributed by atoms with Crippen molar-refractivity contribution in [2.24, 2.45) is 0 Å². The van der Waals surface area contributed by atoms with Gasteiger partial charge in [-0.05, 0) is 13.3 Å². The molecule has 0 bridgehead atoms. The average Bonchev–Trinajstić information content (AvgIpc) is 2.56. The molecule has 0 fully saturated rings. The SMILES string of the molecule is CCC(C)Nc1c(-c2c(F)cc(F)cc2F)c(Cl)nc2ncncc12. The molecular formula is C17H14ClF3N4. The molecule has 3 aromatic rings. The van der Waals surface area contributed by atoms with E-state index in [4.69, 9.17) is 11.6 Å². The first-order valence-electron chi connectivity index (χ1n) is 7.63. The summed E-state index contributed by atoms with van der Waals surface area (Å²) in [5.74, 6) is -3.14. The van der Waals surface area contributed by atoms with Crippen molar-refractivity contribution in [3.63, 3.8) is 0 Å². The van der Waals surface area contributed by atoms with Crippen molar-refractivity contribution >= 4 is 28.3 Å². The van der Waals surface area contributed by atoms with Crippen molar-refractivity contribution in [1.82, 2.24) is 15.0 Å². The summed E-state index contributed by atoms with van der Waals surface area (Å²) >= 11 is 6.21. The lowest BCUT2D eigenvalue weighted by molar-refractivity contribution is 0.548. The highest BCUT2D eigenvalue weighted by atomic mass is 35.5. The lowest BCUT2D eigenvalue weighted by Gasteiger charge is -2.20. The first kappa shape index (κ1) is 17.4. The predicted molar refractivity (Wildman–Crippen MR) is 91.0 cm³/mol. The molecule has 0 radical (unpaired) electrons. The van der Waals surface area contributed by atoms with Gasteiger partial charge in [-0.3, -0.25) is 0 Å². The Kier molecular flexibility index (Phi) is 4.76. The van der Waals surface area contributed by atoms with Crippen LogP contribution in [0, 0.1) is 17.5 Å². The van der Waals surface area contributed by atoms with E-state index in [1.54, 1.807) is 0 Å². The number of halogens is 4. The molecule has 130 valence electrons. The molecular weight excluding hydrogens is 353 g/mol. The molecule has 0 aliphatic carbocycles. The number of nitrogens with one attached hydrogen (secondary N) is 1. The molecule has 1 N–H and O–H groups in total. The van der Waals surface area contributed by atoms with Crippen molar-refractivity contribution in [3.05, 3.63) is 47.3 Å². The second kappa shape index (κ2) is 6.84. The summed E-state index contributed by atoms with van der Waals surface area (Å²) in [7, 11) is 0. The molecule has 1 unspecified atom stereocenters. The molecule has 0 amide bonds. The summed E-state index contributed by atoms with van der Waals surface area (Å²) in [6, 6.07) is 1.19. The first-order chi connectivity index (χ1) is 11.9. The number of hydrogen-bond acceptors (Lipinski definition) is 4. The Morgan fingerprint density at radius 3 is 2.48 bits per heavy atom. The van der Waals surface area contributed by atoms with E-state index in [9.17, 15) is 13.2 Å². The molecule has 0 saturated heterocycles. The van der Waals surface area contributed by atoms with Gasteiger partial charge >= 0.3 is 0 Å². The smallest absolute Gasteiger partial charge is 0.166 e. The van der Waals surface area contributed by atoms with Gasteiger partial charge in [0.15, 0.2) is 5.65 Å². The Balaban J connectivity index is 2.38. The fourth-order valence-corrected chi connectivity index (χ4v) is 2.75. The van der Waals surface area contributed by atoms with E-state index >= 15 is 0 Å². The minimum absolute atomic E-state index is 0.0132. The van der Waals surface area contributed by atoms with Gasteiger partial charge in [0.1, 0.15) is 28.9 Å². The quantitative estimate of drug-likeness (QED) is 0.662. The van der Waals surface area contributed by atoms with Gasteiger partial charge in [-0.25, -0.2) is 28.1 Å². The number of hydrogen-bond donors (Lipinski definition) is 1. The Labute approximate surface area is 147 Å². The van der Waals surface area contributed by atoms with E-state index in [-0.39, 0.29) is 22.4 Å². The van der Waals surface area contributed by atoms with Gasteiger partial charge in [0.05, 0.1) is 16.6 Å².